The summed E-state index contributed by atoms with van der Waals surface area (Å²) in [6, 6.07) is 5.40. The molecule has 2 N–H and O–H groups in total. The van der Waals surface area contributed by atoms with Crippen molar-refractivity contribution < 1.29 is 4.39 Å². The zero-order chi connectivity index (χ0) is 14.2. The third kappa shape index (κ3) is 2.36. The number of benzene rings is 1. The van der Waals surface area contributed by atoms with Crippen molar-refractivity contribution in [2.75, 3.05) is 6.54 Å². The van der Waals surface area contributed by atoms with Crippen LogP contribution in [0.1, 0.15) is 32.8 Å². The molecule has 2 atom stereocenters. The molecule has 0 aromatic heterocycles. The van der Waals surface area contributed by atoms with Gasteiger partial charge in [0.25, 0.3) is 0 Å². The minimum absolute atomic E-state index is 0.255. The molecule has 0 bridgehead atoms. The molecule has 104 valence electrons. The Bertz CT molecular complexity index is 517. The van der Waals surface area contributed by atoms with Gasteiger partial charge in [0.1, 0.15) is 5.82 Å². The third-order valence-electron chi connectivity index (χ3n) is 3.90. The van der Waals surface area contributed by atoms with Gasteiger partial charge in [-0.1, -0.05) is 13.0 Å². The van der Waals surface area contributed by atoms with E-state index >= 15 is 0 Å². The summed E-state index contributed by atoms with van der Waals surface area (Å²) in [5.74, 6) is 0.312. The van der Waals surface area contributed by atoms with Crippen LogP contribution in [0.2, 0.25) is 0 Å². The first kappa shape index (κ1) is 14.3. The minimum atomic E-state index is -0.310. The van der Waals surface area contributed by atoms with Crippen molar-refractivity contribution in [3.8, 4) is 0 Å². The molecule has 1 heterocycles. The monoisotopic (exact) mass is 327 g/mol. The Morgan fingerprint density at radius 1 is 1.58 bits per heavy atom. The number of hydrogen-bond acceptors (Lipinski definition) is 3. The number of rotatable bonds is 3. The molecule has 1 aliphatic heterocycles. The van der Waals surface area contributed by atoms with E-state index in [9.17, 15) is 4.39 Å². The number of nitrogens with zero attached hydrogens (tertiary/aromatic N) is 2. The average molecular weight is 328 g/mol. The summed E-state index contributed by atoms with van der Waals surface area (Å²) in [6.07, 6.45) is 0.980. The number of guanidine groups is 1. The first-order chi connectivity index (χ1) is 8.90. The number of hydrogen-bond donors (Lipinski definition) is 1. The van der Waals surface area contributed by atoms with E-state index in [2.05, 4.69) is 46.6 Å². The van der Waals surface area contributed by atoms with E-state index in [1.54, 1.807) is 0 Å². The van der Waals surface area contributed by atoms with Crippen LogP contribution >= 0.6 is 15.9 Å². The fraction of sp³-hybridized carbons (Fsp3) is 0.500. The van der Waals surface area contributed by atoms with Gasteiger partial charge in [-0.3, -0.25) is 4.99 Å². The lowest BCUT2D eigenvalue weighted by Crippen LogP contribution is -2.51. The molecule has 1 aromatic carbocycles. The largest absolute Gasteiger partial charge is 0.370 e. The van der Waals surface area contributed by atoms with E-state index in [-0.39, 0.29) is 11.4 Å². The molecule has 0 aliphatic carbocycles. The van der Waals surface area contributed by atoms with Gasteiger partial charge in [-0.05, 0) is 53.9 Å². The van der Waals surface area contributed by atoms with Crippen molar-refractivity contribution in [3.63, 3.8) is 0 Å². The second kappa shape index (κ2) is 5.12. The summed E-state index contributed by atoms with van der Waals surface area (Å²) in [7, 11) is 0. The minimum Gasteiger partial charge on any atom is -0.370 e. The van der Waals surface area contributed by atoms with Gasteiger partial charge in [0.15, 0.2) is 5.96 Å². The lowest BCUT2D eigenvalue weighted by molar-refractivity contribution is 0.171. The molecule has 5 heteroatoms. The van der Waals surface area contributed by atoms with Gasteiger partial charge < -0.3 is 10.6 Å². The molecule has 0 fully saturated rings. The molecule has 0 saturated heterocycles. The highest BCUT2D eigenvalue weighted by Crippen LogP contribution is 2.36. The molecule has 0 spiro atoms. The Balaban J connectivity index is 2.43. The third-order valence-corrected chi connectivity index (χ3v) is 4.51. The standard InChI is InChI=1S/C14H19BrFN3/c1-4-9(2)19-13(17)18-8-14(19,3)10-5-6-12(16)11(15)7-10/h5-7,9H,4,8H2,1-3H3,(H2,17,18). The van der Waals surface area contributed by atoms with Crippen molar-refractivity contribution in [3.05, 3.63) is 34.1 Å². The van der Waals surface area contributed by atoms with Gasteiger partial charge in [-0.25, -0.2) is 4.39 Å². The SMILES string of the molecule is CCC(C)N1C(N)=NCC1(C)c1ccc(F)c(Br)c1. The zero-order valence-corrected chi connectivity index (χ0v) is 13.0. The summed E-state index contributed by atoms with van der Waals surface area (Å²) in [5.41, 5.74) is 6.74. The molecule has 0 saturated carbocycles. The van der Waals surface area contributed by atoms with Crippen LogP contribution in [0.25, 0.3) is 0 Å². The smallest absolute Gasteiger partial charge is 0.192 e. The predicted octanol–water partition coefficient (Wildman–Crippen LogP) is 3.23. The second-order valence-corrected chi connectivity index (χ2v) is 6.06. The number of halogens is 2. The van der Waals surface area contributed by atoms with E-state index in [1.807, 2.05) is 12.1 Å². The van der Waals surface area contributed by atoms with Crippen LogP contribution in [-0.4, -0.2) is 23.4 Å². The molecule has 0 radical (unpaired) electrons. The Morgan fingerprint density at radius 3 is 2.84 bits per heavy atom. The van der Waals surface area contributed by atoms with Crippen molar-refractivity contribution in [1.82, 2.24) is 4.90 Å². The highest BCUT2D eigenvalue weighted by atomic mass is 79.9. The Labute approximate surface area is 121 Å². The zero-order valence-electron chi connectivity index (χ0n) is 11.5. The summed E-state index contributed by atoms with van der Waals surface area (Å²) in [6.45, 7) is 6.95. The van der Waals surface area contributed by atoms with E-state index in [4.69, 9.17) is 5.73 Å². The van der Waals surface area contributed by atoms with Crippen molar-refractivity contribution in [2.45, 2.75) is 38.8 Å². The maximum Gasteiger partial charge on any atom is 0.192 e. The summed E-state index contributed by atoms with van der Waals surface area (Å²) in [4.78, 5) is 6.51. The first-order valence-electron chi connectivity index (χ1n) is 6.45. The van der Waals surface area contributed by atoms with Crippen LogP contribution in [-0.2, 0) is 5.54 Å². The van der Waals surface area contributed by atoms with Crippen molar-refractivity contribution in [1.29, 1.82) is 0 Å². The highest BCUT2D eigenvalue weighted by Gasteiger charge is 2.41. The van der Waals surface area contributed by atoms with E-state index in [0.717, 1.165) is 12.0 Å². The van der Waals surface area contributed by atoms with Crippen LogP contribution in [0, 0.1) is 5.82 Å². The van der Waals surface area contributed by atoms with E-state index < -0.39 is 0 Å². The molecule has 1 aliphatic rings. The van der Waals surface area contributed by atoms with Crippen LogP contribution in [0.3, 0.4) is 0 Å². The van der Waals surface area contributed by atoms with Gasteiger partial charge in [-0.2, -0.15) is 0 Å². The van der Waals surface area contributed by atoms with Gasteiger partial charge in [0, 0.05) is 6.04 Å². The van der Waals surface area contributed by atoms with Crippen LogP contribution in [0.4, 0.5) is 4.39 Å². The summed E-state index contributed by atoms with van der Waals surface area (Å²) in [5, 5.41) is 0. The maximum absolute atomic E-state index is 13.4. The van der Waals surface area contributed by atoms with Crippen LogP contribution in [0.5, 0.6) is 0 Å². The summed E-state index contributed by atoms with van der Waals surface area (Å²) < 4.78 is 13.9. The molecule has 2 rings (SSSR count). The fourth-order valence-corrected chi connectivity index (χ4v) is 2.98. The highest BCUT2D eigenvalue weighted by molar-refractivity contribution is 9.10. The van der Waals surface area contributed by atoms with Gasteiger partial charge in [-0.15, -0.1) is 0 Å². The molecule has 2 unspecified atom stereocenters. The van der Waals surface area contributed by atoms with Gasteiger partial charge >= 0.3 is 0 Å². The lowest BCUT2D eigenvalue weighted by atomic mass is 9.89. The van der Waals surface area contributed by atoms with Crippen molar-refractivity contribution in [2.24, 2.45) is 10.7 Å². The van der Waals surface area contributed by atoms with E-state index in [0.29, 0.717) is 23.0 Å². The molecule has 1 aromatic rings. The fourth-order valence-electron chi connectivity index (χ4n) is 2.60. The molecule has 3 nitrogen and oxygen atoms in total. The number of nitrogens with two attached hydrogens (primary N) is 1. The summed E-state index contributed by atoms with van der Waals surface area (Å²) >= 11 is 3.24. The topological polar surface area (TPSA) is 41.6 Å². The van der Waals surface area contributed by atoms with Gasteiger partial charge in [0.05, 0.1) is 16.6 Å². The van der Waals surface area contributed by atoms with Gasteiger partial charge in [0.2, 0.25) is 0 Å². The molecule has 0 amide bonds. The molecule has 19 heavy (non-hydrogen) atoms. The number of aliphatic imine (C=N–C) groups is 1. The normalized spacial score (nSPS) is 24.5. The maximum atomic E-state index is 13.4. The second-order valence-electron chi connectivity index (χ2n) is 5.20. The molecular weight excluding hydrogens is 309 g/mol. The predicted molar refractivity (Wildman–Crippen MR) is 79.5 cm³/mol. The first-order valence-corrected chi connectivity index (χ1v) is 7.24. The molecular formula is C14H19BrFN3. The Morgan fingerprint density at radius 2 is 2.26 bits per heavy atom. The van der Waals surface area contributed by atoms with E-state index in [1.165, 1.54) is 6.07 Å². The van der Waals surface area contributed by atoms with Crippen molar-refractivity contribution >= 4 is 21.9 Å². The Hall–Kier alpha value is -1.10. The quantitative estimate of drug-likeness (QED) is 0.926. The lowest BCUT2D eigenvalue weighted by Gasteiger charge is -2.40. The van der Waals surface area contributed by atoms with Crippen LogP contribution in [0.15, 0.2) is 27.7 Å². The average Bonchev–Trinajstić information content (AvgIpc) is 2.69. The Kier molecular flexibility index (Phi) is 3.85. The van der Waals surface area contributed by atoms with Crippen LogP contribution < -0.4 is 5.73 Å².